The normalized spacial score (nSPS) is 13.2. The van der Waals surface area contributed by atoms with E-state index in [1.165, 1.54) is 18.5 Å². The molecule has 0 spiro atoms. The van der Waals surface area contributed by atoms with Crippen molar-refractivity contribution in [3.05, 3.63) is 126 Å². The van der Waals surface area contributed by atoms with Crippen LogP contribution in [0.1, 0.15) is 39.3 Å². The molecule has 0 saturated heterocycles. The second kappa shape index (κ2) is 12.6. The molecule has 6 aromatic rings. The summed E-state index contributed by atoms with van der Waals surface area (Å²) in [5.74, 6) is 0. The molecule has 6 rings (SSSR count). The fourth-order valence-corrected chi connectivity index (χ4v) is 10.9. The van der Waals surface area contributed by atoms with E-state index in [1.54, 1.807) is 34.8 Å². The Morgan fingerprint density at radius 1 is 0.875 bits per heavy atom. The lowest BCUT2D eigenvalue weighted by Gasteiger charge is -2.43. The van der Waals surface area contributed by atoms with Crippen LogP contribution in [0.25, 0.3) is 33.4 Å². The van der Waals surface area contributed by atoms with Gasteiger partial charge in [0.1, 0.15) is 11.2 Å². The maximum atomic E-state index is 14.3. The van der Waals surface area contributed by atoms with Crippen molar-refractivity contribution in [3.8, 4) is 22.5 Å². The lowest BCUT2D eigenvalue weighted by molar-refractivity contribution is -0.137. The summed E-state index contributed by atoms with van der Waals surface area (Å²) >= 11 is 0. The summed E-state index contributed by atoms with van der Waals surface area (Å²) in [5.41, 5.74) is 1.13. The monoisotopic (exact) mass is 667 g/mol. The lowest BCUT2D eigenvalue weighted by Crippen LogP contribution is -2.66. The molecule has 0 N–H and O–H groups in total. The first-order valence-corrected chi connectivity index (χ1v) is 17.5. The third kappa shape index (κ3) is 6.11. The molecule has 3 aromatic heterocycles. The van der Waals surface area contributed by atoms with Crippen LogP contribution in [0, 0.1) is 0 Å². The number of hydrogen-bond acceptors (Lipinski definition) is 5. The van der Waals surface area contributed by atoms with Gasteiger partial charge in [0, 0.05) is 24.4 Å². The number of hydrogen-bond donors (Lipinski definition) is 0. The summed E-state index contributed by atoms with van der Waals surface area (Å²) < 4.78 is 50.2. The topological polar surface area (TPSA) is 74.8 Å². The van der Waals surface area contributed by atoms with Crippen molar-refractivity contribution in [3.63, 3.8) is 0 Å². The second-order valence-electron chi connectivity index (χ2n) is 13.0. The number of alkyl halides is 3. The minimum atomic E-state index is -4.47. The maximum absolute atomic E-state index is 14.3. The number of fused-ring (bicyclic) bond motifs is 1. The maximum Gasteiger partial charge on any atom is 0.416 e. The fourth-order valence-electron chi connectivity index (χ4n) is 6.27. The molecule has 0 amide bonds. The van der Waals surface area contributed by atoms with Gasteiger partial charge in [0.05, 0.1) is 41.8 Å². The minimum absolute atomic E-state index is 0.243. The molecule has 0 radical (unpaired) electrons. The zero-order chi connectivity index (χ0) is 34.3. The molecule has 1 unspecified atom stereocenters. The molecule has 0 fully saturated rings. The van der Waals surface area contributed by atoms with Crippen LogP contribution in [-0.2, 0) is 17.6 Å². The fraction of sp³-hybridized carbons (Fsp3) is 0.243. The van der Waals surface area contributed by atoms with Crippen molar-refractivity contribution >= 4 is 29.6 Å². The molecule has 48 heavy (non-hydrogen) atoms. The number of benzene rings is 3. The summed E-state index contributed by atoms with van der Waals surface area (Å²) in [5, 5.41) is 6.56. The van der Waals surface area contributed by atoms with E-state index < -0.39 is 26.1 Å². The smallest absolute Gasteiger partial charge is 0.405 e. The zero-order valence-electron chi connectivity index (χ0n) is 27.4. The SMILES string of the molecule is CC(CO[Si](c1ccccc1)(c1ccccc1)C(C)(C)C)n1cnc2c(-c3cnn(C)c3)nc(-c3ccc(C(F)(F)F)cc3)cc2c1=O. The Labute approximate surface area is 277 Å². The van der Waals surface area contributed by atoms with Crippen molar-refractivity contribution in [2.45, 2.75) is 45.0 Å². The third-order valence-corrected chi connectivity index (χ3v) is 13.7. The number of nitrogens with zero attached hydrogens (tertiary/aromatic N) is 5. The van der Waals surface area contributed by atoms with E-state index in [0.29, 0.717) is 33.4 Å². The number of pyridine rings is 1. The zero-order valence-corrected chi connectivity index (χ0v) is 28.4. The second-order valence-corrected chi connectivity index (χ2v) is 17.3. The van der Waals surface area contributed by atoms with Crippen molar-refractivity contribution in [2.75, 3.05) is 6.61 Å². The lowest BCUT2D eigenvalue weighted by atomic mass is 10.0. The Bertz CT molecular complexity index is 2070. The predicted octanol–water partition coefficient (Wildman–Crippen LogP) is 7.02. The Balaban J connectivity index is 1.44. The van der Waals surface area contributed by atoms with Gasteiger partial charge in [-0.05, 0) is 40.5 Å². The molecule has 246 valence electrons. The van der Waals surface area contributed by atoms with Crippen LogP contribution in [0.5, 0.6) is 0 Å². The molecule has 3 aromatic carbocycles. The molecular weight excluding hydrogens is 632 g/mol. The molecule has 0 saturated carbocycles. The Morgan fingerprint density at radius 2 is 1.48 bits per heavy atom. The number of halogens is 3. The van der Waals surface area contributed by atoms with Crippen molar-refractivity contribution in [1.82, 2.24) is 24.3 Å². The Hall–Kier alpha value is -4.87. The van der Waals surface area contributed by atoms with Crippen LogP contribution < -0.4 is 15.9 Å². The summed E-state index contributed by atoms with van der Waals surface area (Å²) in [7, 11) is -1.11. The molecule has 1 atom stereocenters. The van der Waals surface area contributed by atoms with Crippen molar-refractivity contribution < 1.29 is 17.6 Å². The van der Waals surface area contributed by atoms with Crippen molar-refractivity contribution in [1.29, 1.82) is 0 Å². The Kier molecular flexibility index (Phi) is 8.69. The average Bonchev–Trinajstić information content (AvgIpc) is 3.50. The number of aromatic nitrogens is 5. The van der Waals surface area contributed by atoms with Crippen LogP contribution >= 0.6 is 0 Å². The van der Waals surface area contributed by atoms with E-state index in [0.717, 1.165) is 22.5 Å². The van der Waals surface area contributed by atoms with Gasteiger partial charge < -0.3 is 4.43 Å². The highest BCUT2D eigenvalue weighted by atomic mass is 28.4. The van der Waals surface area contributed by atoms with Crippen molar-refractivity contribution in [2.24, 2.45) is 7.05 Å². The van der Waals surface area contributed by atoms with Gasteiger partial charge in [-0.2, -0.15) is 18.3 Å². The van der Waals surface area contributed by atoms with Crippen LogP contribution in [-0.4, -0.2) is 39.2 Å². The molecule has 0 aliphatic heterocycles. The molecule has 0 bridgehead atoms. The van der Waals surface area contributed by atoms with Crippen LogP contribution in [0.4, 0.5) is 13.2 Å². The predicted molar refractivity (Wildman–Crippen MR) is 185 cm³/mol. The van der Waals surface area contributed by atoms with E-state index >= 15 is 0 Å². The van der Waals surface area contributed by atoms with Gasteiger partial charge in [0.2, 0.25) is 0 Å². The number of aryl methyl sites for hydroxylation is 1. The quantitative estimate of drug-likeness (QED) is 0.163. The highest BCUT2D eigenvalue weighted by molar-refractivity contribution is 6.99. The number of rotatable bonds is 8. The molecule has 0 aliphatic carbocycles. The molecule has 3 heterocycles. The summed E-state index contributed by atoms with van der Waals surface area (Å²) in [6.45, 7) is 8.76. The summed E-state index contributed by atoms with van der Waals surface area (Å²) in [6.07, 6.45) is 0.418. The first-order valence-electron chi connectivity index (χ1n) is 15.6. The van der Waals surface area contributed by atoms with Gasteiger partial charge in [0.15, 0.2) is 0 Å². The molecule has 0 aliphatic rings. The highest BCUT2D eigenvalue weighted by Gasteiger charge is 2.50. The van der Waals surface area contributed by atoms with Crippen LogP contribution in [0.3, 0.4) is 0 Å². The van der Waals surface area contributed by atoms with E-state index in [2.05, 4.69) is 50.1 Å². The first kappa shape index (κ1) is 33.0. The van der Waals surface area contributed by atoms with E-state index in [4.69, 9.17) is 14.4 Å². The minimum Gasteiger partial charge on any atom is -0.405 e. The molecular formula is C37H36F3N5O2Si. The largest absolute Gasteiger partial charge is 0.416 e. The van der Waals surface area contributed by atoms with Crippen LogP contribution in [0.2, 0.25) is 5.04 Å². The highest BCUT2D eigenvalue weighted by Crippen LogP contribution is 2.37. The van der Waals surface area contributed by atoms with Gasteiger partial charge >= 0.3 is 6.18 Å². The van der Waals surface area contributed by atoms with Crippen LogP contribution in [0.15, 0.2) is 115 Å². The van der Waals surface area contributed by atoms with Gasteiger partial charge in [0.25, 0.3) is 13.9 Å². The van der Waals surface area contributed by atoms with Gasteiger partial charge in [-0.1, -0.05) is 93.6 Å². The van der Waals surface area contributed by atoms with Gasteiger partial charge in [-0.15, -0.1) is 0 Å². The first-order chi connectivity index (χ1) is 22.8. The van der Waals surface area contributed by atoms with E-state index in [-0.39, 0.29) is 17.2 Å². The third-order valence-electron chi connectivity index (χ3n) is 8.69. The summed E-state index contributed by atoms with van der Waals surface area (Å²) in [4.78, 5) is 23.7. The van der Waals surface area contributed by atoms with Gasteiger partial charge in [-0.3, -0.25) is 14.0 Å². The molecule has 7 nitrogen and oxygen atoms in total. The van der Waals surface area contributed by atoms with Gasteiger partial charge in [-0.25, -0.2) is 9.97 Å². The standard InChI is InChI=1S/C37H36F3N5O2Si/c1-25(23-47-48(36(2,3)4,29-12-8-6-9-13-29)30-14-10-7-11-15-30)45-24-41-34-31(35(45)46)20-32(43-33(34)27-21-42-44(5)22-27)26-16-18-28(19-17-26)37(38,39)40/h6-22,24-25H,23H2,1-5H3. The average molecular weight is 668 g/mol. The Morgan fingerprint density at radius 3 is 2.00 bits per heavy atom. The van der Waals surface area contributed by atoms with E-state index in [9.17, 15) is 18.0 Å². The van der Waals surface area contributed by atoms with E-state index in [1.807, 2.05) is 43.3 Å². The molecule has 11 heteroatoms. The summed E-state index contributed by atoms with van der Waals surface area (Å²) in [6, 6.07) is 26.5.